The molecule has 0 spiro atoms. The maximum absolute atomic E-state index is 11.9. The lowest BCUT2D eigenvalue weighted by atomic mass is 10.2. The topological polar surface area (TPSA) is 76.1 Å². The molecule has 2 N–H and O–H groups in total. The molecule has 0 aliphatic carbocycles. The van der Waals surface area contributed by atoms with Crippen LogP contribution in [0.5, 0.6) is 0 Å². The number of anilines is 4. The predicted molar refractivity (Wildman–Crippen MR) is 107 cm³/mol. The van der Waals surface area contributed by atoms with Crippen molar-refractivity contribution in [1.29, 1.82) is 0 Å². The molecular weight excluding hydrogens is 364 g/mol. The first-order valence-corrected chi connectivity index (χ1v) is 8.67. The van der Waals surface area contributed by atoms with Gasteiger partial charge in [-0.15, -0.1) is 0 Å². The maximum atomic E-state index is 11.9. The van der Waals surface area contributed by atoms with Crippen molar-refractivity contribution in [3.05, 3.63) is 70.4 Å². The second-order valence-electron chi connectivity index (χ2n) is 5.97. The van der Waals surface area contributed by atoms with E-state index in [-0.39, 0.29) is 0 Å². The minimum Gasteiger partial charge on any atom is -0.465 e. The van der Waals surface area contributed by atoms with Crippen LogP contribution in [0.1, 0.15) is 21.6 Å². The van der Waals surface area contributed by atoms with Gasteiger partial charge in [0.15, 0.2) is 0 Å². The van der Waals surface area contributed by atoms with Gasteiger partial charge < -0.3 is 15.4 Å². The van der Waals surface area contributed by atoms with E-state index in [9.17, 15) is 4.79 Å². The van der Waals surface area contributed by atoms with Crippen molar-refractivity contribution in [2.75, 3.05) is 17.7 Å². The first kappa shape index (κ1) is 18.7. The number of aromatic nitrogens is 2. The molecule has 0 radical (unpaired) electrons. The van der Waals surface area contributed by atoms with Gasteiger partial charge in [-0.3, -0.25) is 0 Å². The fourth-order valence-electron chi connectivity index (χ4n) is 2.51. The van der Waals surface area contributed by atoms with Gasteiger partial charge in [-0.25, -0.2) is 9.78 Å². The van der Waals surface area contributed by atoms with Gasteiger partial charge >= 0.3 is 5.97 Å². The molecule has 0 saturated carbocycles. The van der Waals surface area contributed by atoms with Crippen LogP contribution in [0.3, 0.4) is 0 Å². The number of ether oxygens (including phenoxy) is 1. The number of rotatable bonds is 5. The predicted octanol–water partition coefficient (Wildman–Crippen LogP) is 5.02. The molecule has 0 fully saturated rings. The second-order valence-corrected chi connectivity index (χ2v) is 6.38. The average molecular weight is 383 g/mol. The van der Waals surface area contributed by atoms with Crippen LogP contribution in [0, 0.1) is 13.8 Å². The average Bonchev–Trinajstić information content (AvgIpc) is 2.64. The molecule has 0 unspecified atom stereocenters. The molecule has 3 rings (SSSR count). The molecule has 0 bridgehead atoms. The highest BCUT2D eigenvalue weighted by Crippen LogP contribution is 2.24. The van der Waals surface area contributed by atoms with Crippen LogP contribution < -0.4 is 10.6 Å². The summed E-state index contributed by atoms with van der Waals surface area (Å²) in [6.45, 7) is 3.81. The summed E-state index contributed by atoms with van der Waals surface area (Å²) >= 11 is 6.18. The second kappa shape index (κ2) is 8.05. The zero-order chi connectivity index (χ0) is 19.4. The highest BCUT2D eigenvalue weighted by Gasteiger charge is 2.12. The van der Waals surface area contributed by atoms with Crippen LogP contribution >= 0.6 is 11.6 Å². The fourth-order valence-corrected chi connectivity index (χ4v) is 2.69. The Labute approximate surface area is 162 Å². The van der Waals surface area contributed by atoms with Gasteiger partial charge in [0.25, 0.3) is 0 Å². The van der Waals surface area contributed by atoms with Crippen LogP contribution in [-0.2, 0) is 4.74 Å². The summed E-state index contributed by atoms with van der Waals surface area (Å²) in [7, 11) is 1.34. The van der Waals surface area contributed by atoms with Gasteiger partial charge in [0.1, 0.15) is 5.82 Å². The Morgan fingerprint density at radius 1 is 1.04 bits per heavy atom. The summed E-state index contributed by atoms with van der Waals surface area (Å²) in [5.74, 6) is 0.547. The molecule has 0 amide bonds. The number of aryl methyl sites for hydroxylation is 2. The Morgan fingerprint density at radius 2 is 1.81 bits per heavy atom. The van der Waals surface area contributed by atoms with E-state index >= 15 is 0 Å². The Hall–Kier alpha value is -3.12. The Balaban J connectivity index is 1.88. The minimum absolute atomic E-state index is 0.368. The van der Waals surface area contributed by atoms with E-state index in [4.69, 9.17) is 16.3 Å². The van der Waals surface area contributed by atoms with E-state index in [1.807, 2.05) is 44.2 Å². The summed E-state index contributed by atoms with van der Waals surface area (Å²) in [6, 6.07) is 14.6. The van der Waals surface area contributed by atoms with Crippen molar-refractivity contribution in [2.45, 2.75) is 13.8 Å². The van der Waals surface area contributed by atoms with Crippen molar-refractivity contribution in [2.24, 2.45) is 0 Å². The normalized spacial score (nSPS) is 10.4. The molecule has 0 atom stereocenters. The molecule has 0 aliphatic heterocycles. The lowest BCUT2D eigenvalue weighted by molar-refractivity contribution is 0.0602. The number of carbonyl (C=O) groups excluding carboxylic acids is 1. The molecule has 7 heteroatoms. The number of benzene rings is 2. The van der Waals surface area contributed by atoms with E-state index < -0.39 is 5.97 Å². The number of carbonyl (C=O) groups is 1. The van der Waals surface area contributed by atoms with Crippen molar-refractivity contribution < 1.29 is 9.53 Å². The van der Waals surface area contributed by atoms with E-state index in [0.29, 0.717) is 28.0 Å². The maximum Gasteiger partial charge on any atom is 0.339 e. The summed E-state index contributed by atoms with van der Waals surface area (Å²) in [5.41, 5.74) is 3.57. The quantitative estimate of drug-likeness (QED) is 0.603. The standard InChI is InChI=1S/C20H19ClN4O2/c1-12-8-9-14(11-16(12)21)23-18-10-13(2)22-20(25-18)24-17-7-5-4-6-15(17)19(26)27-3/h4-11H,1-3H3,(H2,22,23,24,25). The van der Waals surface area contributed by atoms with Gasteiger partial charge in [0.2, 0.25) is 5.95 Å². The monoisotopic (exact) mass is 382 g/mol. The van der Waals surface area contributed by atoms with Crippen molar-refractivity contribution >= 4 is 40.7 Å². The van der Waals surface area contributed by atoms with Gasteiger partial charge in [-0.05, 0) is 43.7 Å². The molecule has 2 aromatic carbocycles. The van der Waals surface area contributed by atoms with E-state index in [1.54, 1.807) is 18.2 Å². The third kappa shape index (κ3) is 4.54. The summed E-state index contributed by atoms with van der Waals surface area (Å²) in [6.07, 6.45) is 0. The van der Waals surface area contributed by atoms with Crippen molar-refractivity contribution in [3.63, 3.8) is 0 Å². The highest BCUT2D eigenvalue weighted by molar-refractivity contribution is 6.31. The minimum atomic E-state index is -0.432. The van der Waals surface area contributed by atoms with E-state index in [0.717, 1.165) is 16.9 Å². The summed E-state index contributed by atoms with van der Waals surface area (Å²) < 4.78 is 4.82. The Morgan fingerprint density at radius 3 is 2.56 bits per heavy atom. The number of hydrogen-bond donors (Lipinski definition) is 2. The summed E-state index contributed by atoms with van der Waals surface area (Å²) in [5, 5.41) is 6.98. The number of nitrogens with one attached hydrogen (secondary N) is 2. The lowest BCUT2D eigenvalue weighted by Gasteiger charge is -2.12. The van der Waals surface area contributed by atoms with Crippen LogP contribution in [0.15, 0.2) is 48.5 Å². The lowest BCUT2D eigenvalue weighted by Crippen LogP contribution is -2.08. The summed E-state index contributed by atoms with van der Waals surface area (Å²) in [4.78, 5) is 20.8. The zero-order valence-electron chi connectivity index (χ0n) is 15.2. The number of para-hydroxylation sites is 1. The third-order valence-electron chi connectivity index (χ3n) is 3.88. The Kier molecular flexibility index (Phi) is 5.57. The number of methoxy groups -OCH3 is 1. The van der Waals surface area contributed by atoms with E-state index in [1.165, 1.54) is 7.11 Å². The number of esters is 1. The fraction of sp³-hybridized carbons (Fsp3) is 0.150. The van der Waals surface area contributed by atoms with Gasteiger partial charge in [0.05, 0.1) is 18.4 Å². The van der Waals surface area contributed by atoms with Crippen LogP contribution in [0.25, 0.3) is 0 Å². The molecule has 0 saturated heterocycles. The highest BCUT2D eigenvalue weighted by atomic mass is 35.5. The molecule has 0 aliphatic rings. The molecular formula is C20H19ClN4O2. The van der Waals surface area contributed by atoms with Crippen LogP contribution in [0.2, 0.25) is 5.02 Å². The number of hydrogen-bond acceptors (Lipinski definition) is 6. The van der Waals surface area contributed by atoms with Crippen LogP contribution in [-0.4, -0.2) is 23.0 Å². The first-order valence-electron chi connectivity index (χ1n) is 8.29. The largest absolute Gasteiger partial charge is 0.465 e. The van der Waals surface area contributed by atoms with Gasteiger partial charge in [-0.2, -0.15) is 4.98 Å². The zero-order valence-corrected chi connectivity index (χ0v) is 16.0. The smallest absolute Gasteiger partial charge is 0.339 e. The van der Waals surface area contributed by atoms with E-state index in [2.05, 4.69) is 20.6 Å². The third-order valence-corrected chi connectivity index (χ3v) is 4.28. The Bertz CT molecular complexity index is 991. The van der Waals surface area contributed by atoms with Crippen LogP contribution in [0.4, 0.5) is 23.1 Å². The molecule has 6 nitrogen and oxygen atoms in total. The van der Waals surface area contributed by atoms with Crippen molar-refractivity contribution in [3.8, 4) is 0 Å². The van der Waals surface area contributed by atoms with Gasteiger partial charge in [-0.1, -0.05) is 29.8 Å². The molecule has 27 heavy (non-hydrogen) atoms. The molecule has 1 heterocycles. The van der Waals surface area contributed by atoms with Gasteiger partial charge in [0, 0.05) is 22.5 Å². The number of halogens is 1. The molecule has 3 aromatic rings. The number of nitrogens with zero attached hydrogens (tertiary/aromatic N) is 2. The SMILES string of the molecule is COC(=O)c1ccccc1Nc1nc(C)cc(Nc2ccc(C)c(Cl)c2)n1. The van der Waals surface area contributed by atoms with Crippen molar-refractivity contribution in [1.82, 2.24) is 9.97 Å². The molecule has 1 aromatic heterocycles. The first-order chi connectivity index (χ1) is 13.0. The molecule has 138 valence electrons.